The van der Waals surface area contributed by atoms with E-state index in [0.29, 0.717) is 34.0 Å². The van der Waals surface area contributed by atoms with Crippen LogP contribution in [-0.4, -0.2) is 35.4 Å². The van der Waals surface area contributed by atoms with E-state index in [1.807, 2.05) is 48.5 Å². The van der Waals surface area contributed by atoms with Crippen LogP contribution in [0.15, 0.2) is 82.7 Å². The standard InChI is InChI=1S/C25H23N3O4S/c1-31-19-12-10-17(11-13-19)15-26-23(29)16-33-25-27-22-9-4-3-8-21(22)24(30)28(25)18-6-5-7-20(14-18)32-2/h3-14H,15-16H2,1-2H3,(H,26,29). The normalized spacial score (nSPS) is 10.7. The Balaban J connectivity index is 1.57. The van der Waals surface area contributed by atoms with Gasteiger partial charge in [-0.2, -0.15) is 0 Å². The molecule has 1 N–H and O–H groups in total. The van der Waals surface area contributed by atoms with Gasteiger partial charge in [-0.1, -0.05) is 42.1 Å². The molecule has 0 aliphatic carbocycles. The topological polar surface area (TPSA) is 82.5 Å². The number of fused-ring (bicyclic) bond motifs is 1. The van der Waals surface area contributed by atoms with Gasteiger partial charge >= 0.3 is 0 Å². The predicted molar refractivity (Wildman–Crippen MR) is 129 cm³/mol. The molecule has 4 rings (SSSR count). The Bertz CT molecular complexity index is 1340. The first-order valence-corrected chi connectivity index (χ1v) is 11.3. The van der Waals surface area contributed by atoms with E-state index in [9.17, 15) is 9.59 Å². The van der Waals surface area contributed by atoms with Gasteiger partial charge in [0.15, 0.2) is 5.16 Å². The number of aromatic nitrogens is 2. The van der Waals surface area contributed by atoms with Gasteiger partial charge in [-0.3, -0.25) is 14.2 Å². The van der Waals surface area contributed by atoms with Gasteiger partial charge in [0.25, 0.3) is 5.56 Å². The van der Waals surface area contributed by atoms with Crippen LogP contribution in [0.4, 0.5) is 0 Å². The fourth-order valence-electron chi connectivity index (χ4n) is 3.31. The van der Waals surface area contributed by atoms with Crippen LogP contribution in [0.2, 0.25) is 0 Å². The number of nitrogens with one attached hydrogen (secondary N) is 1. The molecule has 0 saturated heterocycles. The van der Waals surface area contributed by atoms with E-state index in [0.717, 1.165) is 11.3 Å². The molecule has 1 amide bonds. The molecule has 1 aromatic heterocycles. The Morgan fingerprint density at radius 3 is 2.48 bits per heavy atom. The lowest BCUT2D eigenvalue weighted by atomic mass is 10.2. The Hall–Kier alpha value is -3.78. The second-order valence-electron chi connectivity index (χ2n) is 7.17. The number of hydrogen-bond acceptors (Lipinski definition) is 6. The maximum absolute atomic E-state index is 13.3. The summed E-state index contributed by atoms with van der Waals surface area (Å²) in [6, 6.07) is 21.9. The highest BCUT2D eigenvalue weighted by atomic mass is 32.2. The fraction of sp³-hybridized carbons (Fsp3) is 0.160. The third-order valence-electron chi connectivity index (χ3n) is 5.04. The van der Waals surface area contributed by atoms with Crippen molar-refractivity contribution < 1.29 is 14.3 Å². The highest BCUT2D eigenvalue weighted by Gasteiger charge is 2.15. The summed E-state index contributed by atoms with van der Waals surface area (Å²) < 4.78 is 12.0. The highest BCUT2D eigenvalue weighted by Crippen LogP contribution is 2.23. The molecule has 0 fully saturated rings. The van der Waals surface area contributed by atoms with Crippen molar-refractivity contribution in [1.29, 1.82) is 0 Å². The molecule has 8 heteroatoms. The molecule has 0 spiro atoms. The Morgan fingerprint density at radius 1 is 0.970 bits per heavy atom. The average Bonchev–Trinajstić information content (AvgIpc) is 2.86. The van der Waals surface area contributed by atoms with E-state index in [2.05, 4.69) is 10.3 Å². The SMILES string of the molecule is COc1ccc(CNC(=O)CSc2nc3ccccc3c(=O)n2-c2cccc(OC)c2)cc1. The Morgan fingerprint density at radius 2 is 1.73 bits per heavy atom. The molecular formula is C25H23N3O4S. The van der Waals surface area contributed by atoms with Gasteiger partial charge in [0, 0.05) is 12.6 Å². The van der Waals surface area contributed by atoms with Crippen LogP contribution in [0, 0.1) is 0 Å². The van der Waals surface area contributed by atoms with Crippen LogP contribution >= 0.6 is 11.8 Å². The predicted octanol–water partition coefficient (Wildman–Crippen LogP) is 3.81. The number of methoxy groups -OCH3 is 2. The lowest BCUT2D eigenvalue weighted by Crippen LogP contribution is -2.26. The van der Waals surface area contributed by atoms with Crippen LogP contribution in [0.25, 0.3) is 16.6 Å². The maximum atomic E-state index is 13.3. The van der Waals surface area contributed by atoms with E-state index in [4.69, 9.17) is 9.47 Å². The minimum Gasteiger partial charge on any atom is -0.497 e. The van der Waals surface area contributed by atoms with Gasteiger partial charge in [-0.15, -0.1) is 0 Å². The number of amides is 1. The number of rotatable bonds is 8. The first kappa shape index (κ1) is 22.4. The first-order valence-electron chi connectivity index (χ1n) is 10.3. The van der Waals surface area contributed by atoms with Gasteiger partial charge in [-0.05, 0) is 42.0 Å². The molecule has 0 atom stereocenters. The van der Waals surface area contributed by atoms with E-state index >= 15 is 0 Å². The summed E-state index contributed by atoms with van der Waals surface area (Å²) in [5, 5.41) is 3.84. The monoisotopic (exact) mass is 461 g/mol. The molecule has 7 nitrogen and oxygen atoms in total. The van der Waals surface area contributed by atoms with E-state index < -0.39 is 0 Å². The highest BCUT2D eigenvalue weighted by molar-refractivity contribution is 7.99. The number of carbonyl (C=O) groups excluding carboxylic acids is 1. The molecule has 0 aliphatic heterocycles. The molecule has 0 aliphatic rings. The molecule has 0 saturated carbocycles. The van der Waals surface area contributed by atoms with Crippen LogP contribution < -0.4 is 20.3 Å². The van der Waals surface area contributed by atoms with Gasteiger partial charge in [0.1, 0.15) is 11.5 Å². The first-order chi connectivity index (χ1) is 16.1. The van der Waals surface area contributed by atoms with Crippen LogP contribution in [0.3, 0.4) is 0 Å². The van der Waals surface area contributed by atoms with Crippen molar-refractivity contribution in [3.05, 3.63) is 88.7 Å². The van der Waals surface area contributed by atoms with Gasteiger partial charge in [0.05, 0.1) is 36.6 Å². The van der Waals surface area contributed by atoms with Crippen molar-refractivity contribution in [2.75, 3.05) is 20.0 Å². The van der Waals surface area contributed by atoms with Gasteiger partial charge in [-0.25, -0.2) is 4.98 Å². The number of benzene rings is 3. The quantitative estimate of drug-likeness (QED) is 0.317. The zero-order chi connectivity index (χ0) is 23.2. The van der Waals surface area contributed by atoms with Crippen molar-refractivity contribution >= 4 is 28.6 Å². The molecule has 4 aromatic rings. The minimum atomic E-state index is -0.199. The minimum absolute atomic E-state index is 0.116. The number of ether oxygens (including phenoxy) is 2. The lowest BCUT2D eigenvalue weighted by molar-refractivity contribution is -0.118. The van der Waals surface area contributed by atoms with Crippen LogP contribution in [0.5, 0.6) is 11.5 Å². The average molecular weight is 462 g/mol. The largest absolute Gasteiger partial charge is 0.497 e. The fourth-order valence-corrected chi connectivity index (χ4v) is 4.15. The van der Waals surface area contributed by atoms with Crippen LogP contribution in [0.1, 0.15) is 5.56 Å². The molecule has 0 unspecified atom stereocenters. The molecule has 3 aromatic carbocycles. The maximum Gasteiger partial charge on any atom is 0.266 e. The lowest BCUT2D eigenvalue weighted by Gasteiger charge is -2.14. The summed E-state index contributed by atoms with van der Waals surface area (Å²) in [6.07, 6.45) is 0. The summed E-state index contributed by atoms with van der Waals surface area (Å²) in [6.45, 7) is 0.400. The zero-order valence-electron chi connectivity index (χ0n) is 18.3. The Kier molecular flexibility index (Phi) is 6.95. The van der Waals surface area contributed by atoms with Crippen LogP contribution in [-0.2, 0) is 11.3 Å². The summed E-state index contributed by atoms with van der Waals surface area (Å²) in [7, 11) is 3.18. The number of para-hydroxylation sites is 1. The summed E-state index contributed by atoms with van der Waals surface area (Å²) in [4.78, 5) is 30.5. The van der Waals surface area contributed by atoms with Gasteiger partial charge in [0.2, 0.25) is 5.91 Å². The van der Waals surface area contributed by atoms with Crippen molar-refractivity contribution in [2.24, 2.45) is 0 Å². The van der Waals surface area contributed by atoms with Gasteiger partial charge < -0.3 is 14.8 Å². The van der Waals surface area contributed by atoms with Crippen molar-refractivity contribution in [3.8, 4) is 17.2 Å². The second-order valence-corrected chi connectivity index (χ2v) is 8.11. The molecule has 0 radical (unpaired) electrons. The number of carbonyl (C=O) groups is 1. The van der Waals surface area contributed by atoms with Crippen molar-refractivity contribution in [1.82, 2.24) is 14.9 Å². The smallest absolute Gasteiger partial charge is 0.266 e. The second kappa shape index (κ2) is 10.2. The summed E-state index contributed by atoms with van der Waals surface area (Å²) in [5.41, 5.74) is 1.97. The summed E-state index contributed by atoms with van der Waals surface area (Å²) >= 11 is 1.21. The summed E-state index contributed by atoms with van der Waals surface area (Å²) in [5.74, 6) is 1.35. The van der Waals surface area contributed by atoms with E-state index in [1.54, 1.807) is 38.5 Å². The number of thioether (sulfide) groups is 1. The molecule has 33 heavy (non-hydrogen) atoms. The van der Waals surface area contributed by atoms with E-state index in [1.165, 1.54) is 16.3 Å². The Labute approximate surface area is 195 Å². The van der Waals surface area contributed by atoms with E-state index in [-0.39, 0.29) is 17.2 Å². The zero-order valence-corrected chi connectivity index (χ0v) is 19.1. The third-order valence-corrected chi connectivity index (χ3v) is 5.98. The molecular weight excluding hydrogens is 438 g/mol. The number of hydrogen-bond donors (Lipinski definition) is 1. The van der Waals surface area contributed by atoms with Crippen molar-refractivity contribution in [3.63, 3.8) is 0 Å². The molecule has 168 valence electrons. The molecule has 0 bridgehead atoms. The van der Waals surface area contributed by atoms with Crippen molar-refractivity contribution in [2.45, 2.75) is 11.7 Å². The number of nitrogens with zero attached hydrogens (tertiary/aromatic N) is 2. The molecule has 1 heterocycles. The third kappa shape index (κ3) is 5.18.